The highest BCUT2D eigenvalue weighted by molar-refractivity contribution is 5.15. The van der Waals surface area contributed by atoms with Crippen LogP contribution in [0.2, 0.25) is 0 Å². The summed E-state index contributed by atoms with van der Waals surface area (Å²) in [6.45, 7) is -2.44. The third kappa shape index (κ3) is 2.71. The molecule has 14 heteroatoms. The molecular formula is C9H6F14. The molecule has 0 fully saturated rings. The Bertz CT molecular complexity index is 396. The van der Waals surface area contributed by atoms with Crippen molar-refractivity contribution in [1.82, 2.24) is 0 Å². The van der Waals surface area contributed by atoms with E-state index in [-0.39, 0.29) is 0 Å². The van der Waals surface area contributed by atoms with Gasteiger partial charge in [0.1, 0.15) is 0 Å². The van der Waals surface area contributed by atoms with Gasteiger partial charge in [-0.25, -0.2) is 4.39 Å². The van der Waals surface area contributed by atoms with Gasteiger partial charge in [-0.3, -0.25) is 0 Å². The molecule has 0 aliphatic carbocycles. The summed E-state index contributed by atoms with van der Waals surface area (Å²) in [5, 5.41) is 0. The van der Waals surface area contributed by atoms with Crippen molar-refractivity contribution >= 4 is 0 Å². The Morgan fingerprint density at radius 1 is 0.391 bits per heavy atom. The minimum Gasteiger partial charge on any atom is -0.230 e. The van der Waals surface area contributed by atoms with Crippen LogP contribution in [0.15, 0.2) is 0 Å². The predicted octanol–water partition coefficient (Wildman–Crippen LogP) is 5.47. The summed E-state index contributed by atoms with van der Waals surface area (Å²) in [7, 11) is 0. The number of alkyl halides is 14. The Kier molecular flexibility index (Phi) is 4.79. The van der Waals surface area contributed by atoms with Gasteiger partial charge in [-0.15, -0.1) is 0 Å². The molecule has 1 unspecified atom stereocenters. The van der Waals surface area contributed by atoms with E-state index in [1.165, 1.54) is 0 Å². The van der Waals surface area contributed by atoms with Gasteiger partial charge in [-0.05, 0) is 6.92 Å². The molecule has 0 rings (SSSR count). The molecule has 0 saturated heterocycles. The van der Waals surface area contributed by atoms with Crippen LogP contribution in [-0.4, -0.2) is 41.5 Å². The van der Waals surface area contributed by atoms with Crippen molar-refractivity contribution in [3.8, 4) is 0 Å². The summed E-state index contributed by atoms with van der Waals surface area (Å²) >= 11 is 0. The molecule has 0 aromatic rings. The summed E-state index contributed by atoms with van der Waals surface area (Å²) in [4.78, 5) is 0. The molecule has 0 aliphatic rings. The summed E-state index contributed by atoms with van der Waals surface area (Å²) in [5.41, 5.74) is -6.69. The van der Waals surface area contributed by atoms with Crippen LogP contribution >= 0.6 is 0 Å². The Balaban J connectivity index is 6.37. The average molecular weight is 380 g/mol. The lowest BCUT2D eigenvalue weighted by atomic mass is 9.83. The fraction of sp³-hybridized carbons (Fsp3) is 1.00. The molecule has 0 aromatic carbocycles. The largest absolute Gasteiger partial charge is 0.460 e. The molecule has 0 nitrogen and oxygen atoms in total. The topological polar surface area (TPSA) is 0 Å². The standard InChI is InChI=1S/C9H6F14/c1-3(10,5(13,14)7(17,18)4(2,11)12)6(15,16)8(19,20)9(21,22)23/h1-2H3. The van der Waals surface area contributed by atoms with Crippen molar-refractivity contribution < 1.29 is 61.5 Å². The zero-order chi connectivity index (χ0) is 19.5. The molecule has 1 atom stereocenters. The molecule has 0 spiro atoms. The van der Waals surface area contributed by atoms with Gasteiger partial charge in [0.25, 0.3) is 0 Å². The van der Waals surface area contributed by atoms with Gasteiger partial charge in [0.05, 0.1) is 0 Å². The van der Waals surface area contributed by atoms with Gasteiger partial charge in [0.15, 0.2) is 0 Å². The van der Waals surface area contributed by atoms with Crippen LogP contribution in [0.25, 0.3) is 0 Å². The maximum atomic E-state index is 13.4. The molecule has 0 aliphatic heterocycles. The first kappa shape index (κ1) is 22.0. The lowest BCUT2D eigenvalue weighted by molar-refractivity contribution is -0.422. The van der Waals surface area contributed by atoms with Crippen LogP contribution in [0, 0.1) is 0 Å². The van der Waals surface area contributed by atoms with Gasteiger partial charge in [0, 0.05) is 6.92 Å². The van der Waals surface area contributed by atoms with E-state index < -0.39 is 55.3 Å². The van der Waals surface area contributed by atoms with E-state index >= 15 is 0 Å². The number of hydrogen-bond donors (Lipinski definition) is 0. The van der Waals surface area contributed by atoms with E-state index in [1.807, 2.05) is 0 Å². The first-order valence-electron chi connectivity index (χ1n) is 5.15. The maximum absolute atomic E-state index is 13.4. The molecule has 140 valence electrons. The molecule has 0 saturated carbocycles. The Labute approximate surface area is 118 Å². The molecule has 0 N–H and O–H groups in total. The van der Waals surface area contributed by atoms with Crippen LogP contribution in [0.5, 0.6) is 0 Å². The number of rotatable bonds is 5. The fourth-order valence-electron chi connectivity index (χ4n) is 1.24. The SMILES string of the molecule is CC(F)(F)C(F)(F)C(F)(F)C(C)(F)C(F)(F)C(F)(F)C(F)(F)F. The van der Waals surface area contributed by atoms with E-state index in [1.54, 1.807) is 0 Å². The summed E-state index contributed by atoms with van der Waals surface area (Å²) in [5.74, 6) is -35.3. The van der Waals surface area contributed by atoms with Gasteiger partial charge in [-0.2, -0.15) is 57.1 Å². The normalized spacial score (nSPS) is 18.8. The average Bonchev–Trinajstić information content (AvgIpc) is 2.24. The third-order valence-electron chi connectivity index (χ3n) is 2.88. The fourth-order valence-corrected chi connectivity index (χ4v) is 1.24. The van der Waals surface area contributed by atoms with Crippen molar-refractivity contribution in [2.45, 2.75) is 55.3 Å². The second kappa shape index (κ2) is 5.01. The van der Waals surface area contributed by atoms with Crippen molar-refractivity contribution in [2.24, 2.45) is 0 Å². The van der Waals surface area contributed by atoms with Crippen LogP contribution in [-0.2, 0) is 0 Å². The minimum absolute atomic E-state index is 0.989. The number of hydrogen-bond acceptors (Lipinski definition) is 0. The highest BCUT2D eigenvalue weighted by atomic mass is 19.4. The number of halogens is 14. The Hall–Kier alpha value is -0.980. The van der Waals surface area contributed by atoms with E-state index in [0.29, 0.717) is 0 Å². The van der Waals surface area contributed by atoms with E-state index in [4.69, 9.17) is 0 Å². The highest BCUT2D eigenvalue weighted by Gasteiger charge is 2.89. The van der Waals surface area contributed by atoms with Crippen LogP contribution < -0.4 is 0 Å². The second-order valence-corrected chi connectivity index (χ2v) is 4.69. The van der Waals surface area contributed by atoms with Gasteiger partial charge >= 0.3 is 35.8 Å². The summed E-state index contributed by atoms with van der Waals surface area (Å²) in [6.07, 6.45) is -7.33. The monoisotopic (exact) mass is 380 g/mol. The summed E-state index contributed by atoms with van der Waals surface area (Å²) < 4.78 is 176. The molecule has 0 radical (unpaired) electrons. The van der Waals surface area contributed by atoms with Gasteiger partial charge in [0.2, 0.25) is 5.67 Å². The Morgan fingerprint density at radius 3 is 0.870 bits per heavy atom. The molecule has 0 amide bonds. The Morgan fingerprint density at radius 2 is 0.652 bits per heavy atom. The first-order chi connectivity index (χ1) is 9.50. The third-order valence-corrected chi connectivity index (χ3v) is 2.88. The molecule has 0 aromatic heterocycles. The van der Waals surface area contributed by atoms with E-state index in [9.17, 15) is 61.5 Å². The highest BCUT2D eigenvalue weighted by Crippen LogP contribution is 2.61. The lowest BCUT2D eigenvalue weighted by Gasteiger charge is -2.43. The summed E-state index contributed by atoms with van der Waals surface area (Å²) in [6, 6.07) is 0. The first-order valence-corrected chi connectivity index (χ1v) is 5.15. The lowest BCUT2D eigenvalue weighted by Crippen LogP contribution is -2.72. The molecular weight excluding hydrogens is 374 g/mol. The predicted molar refractivity (Wildman–Crippen MR) is 46.0 cm³/mol. The van der Waals surface area contributed by atoms with Crippen molar-refractivity contribution in [3.05, 3.63) is 0 Å². The van der Waals surface area contributed by atoms with Gasteiger partial charge in [-0.1, -0.05) is 0 Å². The minimum atomic E-state index is -7.55. The second-order valence-electron chi connectivity index (χ2n) is 4.69. The van der Waals surface area contributed by atoms with E-state index in [0.717, 1.165) is 0 Å². The van der Waals surface area contributed by atoms with Crippen molar-refractivity contribution in [1.29, 1.82) is 0 Å². The molecule has 23 heavy (non-hydrogen) atoms. The van der Waals surface area contributed by atoms with Crippen LogP contribution in [0.1, 0.15) is 13.8 Å². The molecule has 0 bridgehead atoms. The van der Waals surface area contributed by atoms with E-state index in [2.05, 4.69) is 0 Å². The van der Waals surface area contributed by atoms with Gasteiger partial charge < -0.3 is 0 Å². The molecule has 0 heterocycles. The quantitative estimate of drug-likeness (QED) is 0.555. The van der Waals surface area contributed by atoms with Crippen molar-refractivity contribution in [3.63, 3.8) is 0 Å². The maximum Gasteiger partial charge on any atom is 0.460 e. The van der Waals surface area contributed by atoms with Crippen LogP contribution in [0.4, 0.5) is 61.5 Å². The van der Waals surface area contributed by atoms with Crippen molar-refractivity contribution in [2.75, 3.05) is 0 Å². The zero-order valence-corrected chi connectivity index (χ0v) is 10.8. The smallest absolute Gasteiger partial charge is 0.230 e. The zero-order valence-electron chi connectivity index (χ0n) is 10.8. The van der Waals surface area contributed by atoms with Crippen LogP contribution in [0.3, 0.4) is 0 Å².